The van der Waals surface area contributed by atoms with Crippen LogP contribution in [-0.2, 0) is 11.3 Å². The molecule has 0 atom stereocenters. The van der Waals surface area contributed by atoms with Crippen LogP contribution in [0.3, 0.4) is 0 Å². The number of carbonyl (C=O) groups excluding carboxylic acids is 1. The van der Waals surface area contributed by atoms with Crippen molar-refractivity contribution in [1.29, 1.82) is 0 Å². The molecule has 2 rings (SSSR count). The molecule has 0 aliphatic rings. The molecule has 0 unspecified atom stereocenters. The molecule has 20 heavy (non-hydrogen) atoms. The van der Waals surface area contributed by atoms with Gasteiger partial charge >= 0.3 is 5.97 Å². The first kappa shape index (κ1) is 13.9. The second kappa shape index (κ2) is 5.60. The number of halogens is 1. The van der Waals surface area contributed by atoms with Crippen molar-refractivity contribution in [2.24, 2.45) is 0 Å². The molecule has 1 aromatic heterocycles. The zero-order chi connectivity index (χ0) is 14.7. The number of nitrogens with two attached hydrogens (primary N) is 1. The van der Waals surface area contributed by atoms with Crippen LogP contribution < -0.4 is 11.1 Å². The van der Waals surface area contributed by atoms with Crippen LogP contribution in [0.5, 0.6) is 0 Å². The zero-order valence-electron chi connectivity index (χ0n) is 11.2. The van der Waals surface area contributed by atoms with Crippen molar-refractivity contribution < 1.29 is 13.9 Å². The van der Waals surface area contributed by atoms with Gasteiger partial charge in [-0.2, -0.15) is 5.10 Å². The lowest BCUT2D eigenvalue weighted by atomic mass is 10.2. The predicted octanol–water partition coefficient (Wildman–Crippen LogP) is 1.48. The number of nitrogens with zero attached hydrogens (tertiary/aromatic N) is 2. The summed E-state index contributed by atoms with van der Waals surface area (Å²) < 4.78 is 19.3. The lowest BCUT2D eigenvalue weighted by Crippen LogP contribution is -2.09. The highest BCUT2D eigenvalue weighted by molar-refractivity contribution is 5.99. The first-order chi connectivity index (χ1) is 9.56. The Bertz CT molecular complexity index is 639. The largest absolute Gasteiger partial charge is 0.465 e. The molecule has 1 aromatic carbocycles. The van der Waals surface area contributed by atoms with Crippen LogP contribution in [0.4, 0.5) is 16.0 Å². The maximum atomic E-state index is 13.2. The molecule has 3 N–H and O–H groups in total. The summed E-state index contributed by atoms with van der Waals surface area (Å²) in [5.74, 6) is -0.413. The second-order valence-corrected chi connectivity index (χ2v) is 4.14. The lowest BCUT2D eigenvalue weighted by molar-refractivity contribution is 0.0603. The Kier molecular flexibility index (Phi) is 3.88. The number of aromatic nitrogens is 2. The Morgan fingerprint density at radius 3 is 2.90 bits per heavy atom. The SMILES string of the molecule is CNc1nn(Cc2cccc(F)c2)c(N)c1C(=O)OC. The third kappa shape index (κ3) is 2.56. The predicted molar refractivity (Wildman–Crippen MR) is 73.0 cm³/mol. The molecule has 0 bridgehead atoms. The summed E-state index contributed by atoms with van der Waals surface area (Å²) in [5.41, 5.74) is 6.77. The van der Waals surface area contributed by atoms with E-state index in [1.807, 2.05) is 0 Å². The Morgan fingerprint density at radius 1 is 1.55 bits per heavy atom. The highest BCUT2D eigenvalue weighted by atomic mass is 19.1. The van der Waals surface area contributed by atoms with Crippen LogP contribution in [0.2, 0.25) is 0 Å². The van der Waals surface area contributed by atoms with E-state index < -0.39 is 5.97 Å². The summed E-state index contributed by atoms with van der Waals surface area (Å²) in [6, 6.07) is 6.10. The molecule has 0 aliphatic heterocycles. The van der Waals surface area contributed by atoms with Gasteiger partial charge in [0.15, 0.2) is 5.82 Å². The number of nitrogens with one attached hydrogen (secondary N) is 1. The van der Waals surface area contributed by atoms with E-state index in [9.17, 15) is 9.18 Å². The number of methoxy groups -OCH3 is 1. The highest BCUT2D eigenvalue weighted by Gasteiger charge is 2.22. The minimum atomic E-state index is -0.572. The van der Waals surface area contributed by atoms with E-state index in [-0.39, 0.29) is 23.7 Å². The molecular formula is C13H15FN4O2. The quantitative estimate of drug-likeness (QED) is 0.828. The molecular weight excluding hydrogens is 263 g/mol. The van der Waals surface area contributed by atoms with Crippen molar-refractivity contribution in [3.63, 3.8) is 0 Å². The fraction of sp³-hybridized carbons (Fsp3) is 0.231. The van der Waals surface area contributed by atoms with E-state index in [0.717, 1.165) is 0 Å². The van der Waals surface area contributed by atoms with E-state index >= 15 is 0 Å². The summed E-state index contributed by atoms with van der Waals surface area (Å²) in [5, 5.41) is 6.96. The highest BCUT2D eigenvalue weighted by Crippen LogP contribution is 2.23. The molecule has 0 fully saturated rings. The Morgan fingerprint density at radius 2 is 2.30 bits per heavy atom. The molecule has 0 aliphatic carbocycles. The second-order valence-electron chi connectivity index (χ2n) is 4.14. The van der Waals surface area contributed by atoms with Crippen LogP contribution in [0.15, 0.2) is 24.3 Å². The van der Waals surface area contributed by atoms with Gasteiger partial charge in [0.05, 0.1) is 13.7 Å². The van der Waals surface area contributed by atoms with Gasteiger partial charge in [-0.25, -0.2) is 13.9 Å². The number of hydrogen-bond donors (Lipinski definition) is 2. The Hall–Kier alpha value is -2.57. The number of anilines is 2. The van der Waals surface area contributed by atoms with Crippen molar-refractivity contribution in [2.45, 2.75) is 6.54 Å². The molecule has 6 nitrogen and oxygen atoms in total. The lowest BCUT2D eigenvalue weighted by Gasteiger charge is -2.04. The van der Waals surface area contributed by atoms with E-state index in [1.54, 1.807) is 19.2 Å². The number of ether oxygens (including phenoxy) is 1. The molecule has 0 saturated carbocycles. The van der Waals surface area contributed by atoms with E-state index in [4.69, 9.17) is 5.73 Å². The van der Waals surface area contributed by atoms with Gasteiger partial charge in [-0.15, -0.1) is 0 Å². The number of nitrogen functional groups attached to an aromatic ring is 1. The number of benzene rings is 1. The standard InChI is InChI=1S/C13H15FN4O2/c1-16-12-10(13(19)20-2)11(15)18(17-12)7-8-4-3-5-9(14)6-8/h3-6H,7,15H2,1-2H3,(H,16,17). The molecule has 0 amide bonds. The van der Waals surface area contributed by atoms with Crippen molar-refractivity contribution >= 4 is 17.6 Å². The molecule has 1 heterocycles. The van der Waals surface area contributed by atoms with Crippen LogP contribution in [0.1, 0.15) is 15.9 Å². The van der Waals surface area contributed by atoms with Gasteiger partial charge in [0.25, 0.3) is 0 Å². The monoisotopic (exact) mass is 278 g/mol. The van der Waals surface area contributed by atoms with E-state index in [2.05, 4.69) is 15.2 Å². The summed E-state index contributed by atoms with van der Waals surface area (Å²) in [4.78, 5) is 11.7. The summed E-state index contributed by atoms with van der Waals surface area (Å²) in [7, 11) is 2.89. The average molecular weight is 278 g/mol. The molecule has 0 spiro atoms. The van der Waals surface area contributed by atoms with Gasteiger partial charge in [-0.1, -0.05) is 12.1 Å². The number of esters is 1. The van der Waals surface area contributed by atoms with Gasteiger partial charge < -0.3 is 15.8 Å². The zero-order valence-corrected chi connectivity index (χ0v) is 11.2. The van der Waals surface area contributed by atoms with Gasteiger partial charge in [-0.3, -0.25) is 0 Å². The summed E-state index contributed by atoms with van der Waals surface area (Å²) in [6.07, 6.45) is 0. The number of carbonyl (C=O) groups is 1. The fourth-order valence-corrected chi connectivity index (χ4v) is 1.88. The normalized spacial score (nSPS) is 10.3. The first-order valence-corrected chi connectivity index (χ1v) is 5.93. The van der Waals surface area contributed by atoms with Gasteiger partial charge in [0.2, 0.25) is 0 Å². The third-order valence-electron chi connectivity index (χ3n) is 2.84. The third-order valence-corrected chi connectivity index (χ3v) is 2.84. The minimum absolute atomic E-state index is 0.172. The van der Waals surface area contributed by atoms with E-state index in [0.29, 0.717) is 11.4 Å². The van der Waals surface area contributed by atoms with Crippen molar-refractivity contribution in [3.05, 3.63) is 41.2 Å². The maximum Gasteiger partial charge on any atom is 0.345 e. The molecule has 7 heteroatoms. The van der Waals surface area contributed by atoms with Gasteiger partial charge in [0.1, 0.15) is 17.2 Å². The van der Waals surface area contributed by atoms with Gasteiger partial charge in [-0.05, 0) is 17.7 Å². The van der Waals surface area contributed by atoms with Crippen molar-refractivity contribution in [3.8, 4) is 0 Å². The van der Waals surface area contributed by atoms with E-state index in [1.165, 1.54) is 23.9 Å². The van der Waals surface area contributed by atoms with Crippen LogP contribution in [0.25, 0.3) is 0 Å². The summed E-state index contributed by atoms with van der Waals surface area (Å²) in [6.45, 7) is 0.259. The van der Waals surface area contributed by atoms with Crippen LogP contribution >= 0.6 is 0 Å². The Labute approximate surface area is 115 Å². The first-order valence-electron chi connectivity index (χ1n) is 5.93. The fourth-order valence-electron chi connectivity index (χ4n) is 1.88. The number of hydrogen-bond acceptors (Lipinski definition) is 5. The van der Waals surface area contributed by atoms with Crippen LogP contribution in [0, 0.1) is 5.82 Å². The average Bonchev–Trinajstić information content (AvgIpc) is 2.74. The maximum absolute atomic E-state index is 13.2. The molecule has 2 aromatic rings. The number of rotatable bonds is 4. The molecule has 0 saturated heterocycles. The molecule has 106 valence electrons. The minimum Gasteiger partial charge on any atom is -0.465 e. The smallest absolute Gasteiger partial charge is 0.345 e. The van der Waals surface area contributed by atoms with Gasteiger partial charge in [0, 0.05) is 7.05 Å². The topological polar surface area (TPSA) is 82.2 Å². The van der Waals surface area contributed by atoms with Crippen LogP contribution in [-0.4, -0.2) is 29.9 Å². The Balaban J connectivity index is 2.38. The van der Waals surface area contributed by atoms with Crippen molar-refractivity contribution in [1.82, 2.24) is 9.78 Å². The van der Waals surface area contributed by atoms with Crippen molar-refractivity contribution in [2.75, 3.05) is 25.2 Å². The molecule has 0 radical (unpaired) electrons. The summed E-state index contributed by atoms with van der Waals surface area (Å²) >= 11 is 0.